The molecule has 1 aromatic carbocycles. The zero-order chi connectivity index (χ0) is 27.3. The molecule has 2 saturated heterocycles. The molecule has 1 aromatic heterocycles. The van der Waals surface area contributed by atoms with Crippen molar-refractivity contribution >= 4 is 46.4 Å². The van der Waals surface area contributed by atoms with Crippen LogP contribution in [0.3, 0.4) is 0 Å². The van der Waals surface area contributed by atoms with Crippen LogP contribution in [0.2, 0.25) is 10.0 Å². The summed E-state index contributed by atoms with van der Waals surface area (Å²) in [6, 6.07) is 8.02. The van der Waals surface area contributed by atoms with Crippen LogP contribution in [-0.2, 0) is 4.79 Å². The Bertz CT molecular complexity index is 1090. The number of piperidine rings is 2. The number of carbonyl (C=O) groups excluding carboxylic acids is 2. The third-order valence-corrected chi connectivity index (χ3v) is 9.71. The minimum Gasteiger partial charge on any atom is -0.347 e. The first-order valence-corrected chi connectivity index (χ1v) is 15.3. The van der Waals surface area contributed by atoms with Gasteiger partial charge in [0.05, 0.1) is 15.6 Å². The fraction of sp³-hybridized carbons (Fsp3) is 0.586. The highest BCUT2D eigenvalue weighted by Crippen LogP contribution is 2.37. The molecular weight excluding hydrogens is 539 g/mol. The summed E-state index contributed by atoms with van der Waals surface area (Å²) in [5.41, 5.74) is 1.37. The van der Waals surface area contributed by atoms with Gasteiger partial charge >= 0.3 is 0 Å². The number of likely N-dealkylation sites (tertiary alicyclic amines) is 1. The van der Waals surface area contributed by atoms with Crippen molar-refractivity contribution < 1.29 is 9.59 Å². The second kappa shape index (κ2) is 13.1. The van der Waals surface area contributed by atoms with Crippen LogP contribution >= 0.6 is 34.5 Å². The summed E-state index contributed by atoms with van der Waals surface area (Å²) < 4.78 is 0. The Morgan fingerprint density at radius 2 is 1.89 bits per heavy atom. The summed E-state index contributed by atoms with van der Waals surface area (Å²) in [5, 5.41) is 8.35. The van der Waals surface area contributed by atoms with Crippen LogP contribution in [0.4, 0.5) is 0 Å². The average Bonchev–Trinajstić information content (AvgIpc) is 3.47. The number of nitrogens with one attached hydrogen (secondary N) is 1. The summed E-state index contributed by atoms with van der Waals surface area (Å²) in [4.78, 5) is 32.8. The highest BCUT2D eigenvalue weighted by molar-refractivity contribution is 7.08. The van der Waals surface area contributed by atoms with Gasteiger partial charge in [-0.15, -0.1) is 0 Å². The predicted molar refractivity (Wildman–Crippen MR) is 158 cm³/mol. The van der Waals surface area contributed by atoms with E-state index in [1.807, 2.05) is 61.1 Å². The minimum absolute atomic E-state index is 0.0286. The van der Waals surface area contributed by atoms with Gasteiger partial charge in [0.15, 0.2) is 0 Å². The average molecular weight is 580 g/mol. The topological polar surface area (TPSA) is 55.9 Å². The van der Waals surface area contributed by atoms with Gasteiger partial charge in [-0.25, -0.2) is 0 Å². The van der Waals surface area contributed by atoms with Crippen molar-refractivity contribution in [2.24, 2.45) is 0 Å². The fourth-order valence-corrected chi connectivity index (χ4v) is 7.22. The van der Waals surface area contributed by atoms with Gasteiger partial charge in [0.2, 0.25) is 5.91 Å². The standard InChI is InChI=1S/C29H40Cl2N4O2S/c1-33(2)28(37)29(12-14-32-15-13-29)35-16-5-4-6-24(35)9-7-22(21-8-10-25(30)26(31)18-21)19-34(3)27(36)23-11-17-38-20-23/h8,10-11,17-18,20,22,24,32H,4-7,9,12-16,19H2,1-3H3. The van der Waals surface area contributed by atoms with Crippen molar-refractivity contribution in [2.75, 3.05) is 47.3 Å². The largest absolute Gasteiger partial charge is 0.347 e. The Balaban J connectivity index is 1.56. The van der Waals surface area contributed by atoms with Crippen LogP contribution in [-0.4, -0.2) is 85.4 Å². The van der Waals surface area contributed by atoms with E-state index in [0.717, 1.165) is 69.3 Å². The molecule has 208 valence electrons. The van der Waals surface area contributed by atoms with Gasteiger partial charge in [-0.1, -0.05) is 35.7 Å². The van der Waals surface area contributed by atoms with E-state index >= 15 is 0 Å². The molecule has 0 spiro atoms. The first-order valence-electron chi connectivity index (χ1n) is 13.6. The molecular formula is C29H40Cl2N4O2S. The Hall–Kier alpha value is -1.64. The van der Waals surface area contributed by atoms with E-state index in [1.165, 1.54) is 17.8 Å². The van der Waals surface area contributed by atoms with Crippen LogP contribution < -0.4 is 5.32 Å². The number of rotatable bonds is 9. The number of likely N-dealkylation sites (N-methyl/N-ethyl adjacent to an activating group) is 2. The monoisotopic (exact) mass is 578 g/mol. The van der Waals surface area contributed by atoms with Crippen molar-refractivity contribution in [1.29, 1.82) is 0 Å². The number of carbonyl (C=O) groups is 2. The molecule has 0 radical (unpaired) electrons. The lowest BCUT2D eigenvalue weighted by Crippen LogP contribution is -2.66. The van der Waals surface area contributed by atoms with E-state index in [1.54, 1.807) is 4.90 Å². The number of thiophene rings is 1. The van der Waals surface area contributed by atoms with Gasteiger partial charge in [0.1, 0.15) is 5.54 Å². The van der Waals surface area contributed by atoms with Crippen LogP contribution in [0.5, 0.6) is 0 Å². The van der Waals surface area contributed by atoms with E-state index in [0.29, 0.717) is 22.6 Å². The van der Waals surface area contributed by atoms with E-state index in [9.17, 15) is 9.59 Å². The van der Waals surface area contributed by atoms with Gasteiger partial charge in [0, 0.05) is 45.0 Å². The van der Waals surface area contributed by atoms with E-state index in [2.05, 4.69) is 10.2 Å². The number of halogens is 2. The number of hydrogen-bond acceptors (Lipinski definition) is 5. The predicted octanol–water partition coefficient (Wildman–Crippen LogP) is 5.76. The van der Waals surface area contributed by atoms with Crippen LogP contribution in [0.15, 0.2) is 35.0 Å². The minimum atomic E-state index is -0.440. The molecule has 9 heteroatoms. The zero-order valence-corrected chi connectivity index (χ0v) is 25.0. The number of amides is 2. The number of benzene rings is 1. The molecule has 3 heterocycles. The molecule has 1 N–H and O–H groups in total. The molecule has 0 saturated carbocycles. The molecule has 2 fully saturated rings. The lowest BCUT2D eigenvalue weighted by Gasteiger charge is -2.51. The van der Waals surface area contributed by atoms with Gasteiger partial charge in [-0.2, -0.15) is 11.3 Å². The molecule has 6 nitrogen and oxygen atoms in total. The maximum atomic E-state index is 13.6. The Morgan fingerprint density at radius 1 is 1.13 bits per heavy atom. The Morgan fingerprint density at radius 3 is 2.55 bits per heavy atom. The molecule has 4 rings (SSSR count). The van der Waals surface area contributed by atoms with Crippen molar-refractivity contribution in [2.45, 2.75) is 62.4 Å². The quantitative estimate of drug-likeness (QED) is 0.411. The smallest absolute Gasteiger partial charge is 0.254 e. The molecule has 2 unspecified atom stereocenters. The molecule has 2 atom stereocenters. The molecule has 2 aliphatic heterocycles. The fourth-order valence-electron chi connectivity index (χ4n) is 6.29. The number of hydrogen-bond donors (Lipinski definition) is 1. The van der Waals surface area contributed by atoms with Crippen molar-refractivity contribution in [3.63, 3.8) is 0 Å². The van der Waals surface area contributed by atoms with E-state index in [-0.39, 0.29) is 17.7 Å². The lowest BCUT2D eigenvalue weighted by atomic mass is 9.80. The molecule has 2 aliphatic rings. The number of nitrogens with zero attached hydrogens (tertiary/aromatic N) is 3. The van der Waals surface area contributed by atoms with Crippen molar-refractivity contribution in [3.05, 3.63) is 56.2 Å². The van der Waals surface area contributed by atoms with E-state index in [4.69, 9.17) is 23.2 Å². The van der Waals surface area contributed by atoms with Gasteiger partial charge in [-0.3, -0.25) is 14.5 Å². The molecule has 38 heavy (non-hydrogen) atoms. The van der Waals surface area contributed by atoms with Crippen molar-refractivity contribution in [1.82, 2.24) is 20.0 Å². The molecule has 2 amide bonds. The van der Waals surface area contributed by atoms with Gasteiger partial charge in [0.25, 0.3) is 5.91 Å². The first kappa shape index (κ1) is 29.3. The summed E-state index contributed by atoms with van der Waals surface area (Å²) in [6.45, 7) is 3.28. The third kappa shape index (κ3) is 6.56. The molecule has 0 aliphatic carbocycles. The van der Waals surface area contributed by atoms with E-state index < -0.39 is 5.54 Å². The summed E-state index contributed by atoms with van der Waals surface area (Å²) in [7, 11) is 5.63. The second-order valence-electron chi connectivity index (χ2n) is 11.0. The van der Waals surface area contributed by atoms with Gasteiger partial charge in [-0.05, 0) is 87.3 Å². The first-order chi connectivity index (χ1) is 18.2. The third-order valence-electron chi connectivity index (χ3n) is 8.28. The molecule has 0 bridgehead atoms. The lowest BCUT2D eigenvalue weighted by molar-refractivity contribution is -0.148. The van der Waals surface area contributed by atoms with Crippen LogP contribution in [0.1, 0.15) is 66.8 Å². The summed E-state index contributed by atoms with van der Waals surface area (Å²) >= 11 is 14.2. The van der Waals surface area contributed by atoms with Crippen molar-refractivity contribution in [3.8, 4) is 0 Å². The molecule has 2 aromatic rings. The highest BCUT2D eigenvalue weighted by atomic mass is 35.5. The van der Waals surface area contributed by atoms with Gasteiger partial charge < -0.3 is 15.1 Å². The van der Waals surface area contributed by atoms with Crippen LogP contribution in [0, 0.1) is 0 Å². The summed E-state index contributed by atoms with van der Waals surface area (Å²) in [6.07, 6.45) is 6.93. The maximum absolute atomic E-state index is 13.6. The highest BCUT2D eigenvalue weighted by Gasteiger charge is 2.48. The summed E-state index contributed by atoms with van der Waals surface area (Å²) in [5.74, 6) is 0.364. The SMILES string of the molecule is CN(C)C(=O)C1(N2CCCCC2CCC(CN(C)C(=O)c2ccsc2)c2ccc(Cl)c(Cl)c2)CCNCC1. The normalized spacial score (nSPS) is 20.6. The maximum Gasteiger partial charge on any atom is 0.254 e. The Labute approximate surface area is 241 Å². The van der Waals surface area contributed by atoms with Crippen LogP contribution in [0.25, 0.3) is 0 Å². The zero-order valence-electron chi connectivity index (χ0n) is 22.7. The Kier molecular flexibility index (Phi) is 10.1. The second-order valence-corrected chi connectivity index (χ2v) is 12.6.